The molecule has 4 aliphatic rings. The molecule has 0 unspecified atom stereocenters. The summed E-state index contributed by atoms with van der Waals surface area (Å²) < 4.78 is 13.1. The van der Waals surface area contributed by atoms with E-state index in [4.69, 9.17) is 9.47 Å². The predicted octanol–water partition coefficient (Wildman–Crippen LogP) is 2.51. The first-order valence-corrected chi connectivity index (χ1v) is 9.85. The monoisotopic (exact) mass is 365 g/mol. The van der Waals surface area contributed by atoms with Crippen LogP contribution >= 0.6 is 0 Å². The predicted molar refractivity (Wildman–Crippen MR) is 98.9 cm³/mol. The van der Waals surface area contributed by atoms with Gasteiger partial charge in [0, 0.05) is 32.4 Å². The molecule has 140 valence electrons. The molecule has 6 rings (SSSR count). The van der Waals surface area contributed by atoms with Gasteiger partial charge < -0.3 is 18.9 Å². The Balaban J connectivity index is 1.26. The Labute approximate surface area is 158 Å². The maximum absolute atomic E-state index is 13.0. The zero-order chi connectivity index (χ0) is 18.0. The number of hydrogen-bond donors (Lipinski definition) is 0. The van der Waals surface area contributed by atoms with Gasteiger partial charge in [-0.3, -0.25) is 9.69 Å². The molecule has 1 saturated carbocycles. The van der Waals surface area contributed by atoms with Gasteiger partial charge in [0.2, 0.25) is 6.79 Å². The van der Waals surface area contributed by atoms with Crippen LogP contribution in [0.25, 0.3) is 0 Å². The number of fused-ring (bicyclic) bond motifs is 4. The van der Waals surface area contributed by atoms with Gasteiger partial charge in [0.25, 0.3) is 5.91 Å². The molecule has 1 saturated heterocycles. The average molecular weight is 365 g/mol. The van der Waals surface area contributed by atoms with E-state index in [0.717, 1.165) is 43.4 Å². The molecule has 27 heavy (non-hydrogen) atoms. The average Bonchev–Trinajstić information content (AvgIpc) is 3.07. The Bertz CT molecular complexity index is 904. The van der Waals surface area contributed by atoms with Gasteiger partial charge in [0.1, 0.15) is 5.69 Å². The largest absolute Gasteiger partial charge is 0.454 e. The normalized spacial score (nSPS) is 26.4. The Kier molecular flexibility index (Phi) is 3.32. The standard InChI is InChI=1S/C21H23N3O3/c25-21-16-2-1-7-23(16)17-11-22(12-18(17)24(21)10-14-3-4-14)9-15-5-6-19-20(8-15)27-13-26-19/h1-2,5-8,14,17-18H,3-4,9-13H2/t17-,18-/m1/s1. The third-order valence-corrected chi connectivity index (χ3v) is 6.35. The highest BCUT2D eigenvalue weighted by molar-refractivity contribution is 5.94. The van der Waals surface area contributed by atoms with Crippen LogP contribution in [0.2, 0.25) is 0 Å². The first-order chi connectivity index (χ1) is 13.3. The fraction of sp³-hybridized carbons (Fsp3) is 0.476. The van der Waals surface area contributed by atoms with E-state index >= 15 is 0 Å². The van der Waals surface area contributed by atoms with Gasteiger partial charge in [-0.05, 0) is 48.6 Å². The van der Waals surface area contributed by atoms with Crippen LogP contribution in [0, 0.1) is 5.92 Å². The second kappa shape index (κ2) is 5.76. The third-order valence-electron chi connectivity index (χ3n) is 6.35. The van der Waals surface area contributed by atoms with Crippen LogP contribution in [-0.2, 0) is 6.54 Å². The van der Waals surface area contributed by atoms with Gasteiger partial charge >= 0.3 is 0 Å². The molecule has 0 bridgehead atoms. The van der Waals surface area contributed by atoms with E-state index in [0.29, 0.717) is 18.8 Å². The Hall–Kier alpha value is -2.47. The molecule has 1 aliphatic carbocycles. The summed E-state index contributed by atoms with van der Waals surface area (Å²) in [5, 5.41) is 0. The first-order valence-electron chi connectivity index (χ1n) is 9.85. The molecule has 4 heterocycles. The molecule has 0 radical (unpaired) electrons. The maximum atomic E-state index is 13.0. The number of carbonyl (C=O) groups is 1. The first kappa shape index (κ1) is 15.6. The van der Waals surface area contributed by atoms with Gasteiger partial charge in [0.05, 0.1) is 12.1 Å². The molecule has 1 amide bonds. The summed E-state index contributed by atoms with van der Waals surface area (Å²) in [6.45, 7) is 3.99. The van der Waals surface area contributed by atoms with Crippen molar-refractivity contribution in [2.24, 2.45) is 5.92 Å². The second-order valence-corrected chi connectivity index (χ2v) is 8.22. The number of rotatable bonds is 4. The molecular formula is C21H23N3O3. The van der Waals surface area contributed by atoms with E-state index in [-0.39, 0.29) is 11.9 Å². The highest BCUT2D eigenvalue weighted by Crippen LogP contribution is 2.39. The minimum Gasteiger partial charge on any atom is -0.454 e. The molecule has 1 aromatic carbocycles. The molecular weight excluding hydrogens is 342 g/mol. The molecule has 1 aromatic heterocycles. The Morgan fingerprint density at radius 2 is 1.89 bits per heavy atom. The van der Waals surface area contributed by atoms with Crippen LogP contribution in [0.3, 0.4) is 0 Å². The number of amides is 1. The second-order valence-electron chi connectivity index (χ2n) is 8.22. The summed E-state index contributed by atoms with van der Waals surface area (Å²) in [5.74, 6) is 2.58. The number of carbonyl (C=O) groups excluding carboxylic acids is 1. The minimum absolute atomic E-state index is 0.207. The van der Waals surface area contributed by atoms with Crippen LogP contribution in [0.5, 0.6) is 11.5 Å². The molecule has 0 spiro atoms. The minimum atomic E-state index is 0.207. The van der Waals surface area contributed by atoms with E-state index in [1.54, 1.807) is 0 Å². The van der Waals surface area contributed by atoms with Crippen molar-refractivity contribution in [2.45, 2.75) is 31.5 Å². The van der Waals surface area contributed by atoms with Gasteiger partial charge in [-0.1, -0.05) is 6.07 Å². The van der Waals surface area contributed by atoms with Crippen molar-refractivity contribution in [3.8, 4) is 11.5 Å². The van der Waals surface area contributed by atoms with Crippen LogP contribution in [0.1, 0.15) is 34.9 Å². The number of hydrogen-bond acceptors (Lipinski definition) is 4. The lowest BCUT2D eigenvalue weighted by Crippen LogP contribution is -2.51. The van der Waals surface area contributed by atoms with Crippen molar-refractivity contribution in [3.05, 3.63) is 47.8 Å². The zero-order valence-electron chi connectivity index (χ0n) is 15.2. The van der Waals surface area contributed by atoms with Crippen LogP contribution in [0.15, 0.2) is 36.5 Å². The summed E-state index contributed by atoms with van der Waals surface area (Å²) in [5.41, 5.74) is 2.08. The number of nitrogens with zero attached hydrogens (tertiary/aromatic N) is 3. The fourth-order valence-electron chi connectivity index (χ4n) is 4.81. The molecule has 2 aromatic rings. The number of likely N-dealkylation sites (tertiary alicyclic amines) is 1. The number of benzene rings is 1. The number of aromatic nitrogens is 1. The quantitative estimate of drug-likeness (QED) is 0.835. The molecule has 6 nitrogen and oxygen atoms in total. The molecule has 3 aliphatic heterocycles. The summed E-state index contributed by atoms with van der Waals surface area (Å²) >= 11 is 0. The van der Waals surface area contributed by atoms with Crippen molar-refractivity contribution in [2.75, 3.05) is 26.4 Å². The maximum Gasteiger partial charge on any atom is 0.270 e. The zero-order valence-corrected chi connectivity index (χ0v) is 15.2. The van der Waals surface area contributed by atoms with E-state index in [9.17, 15) is 4.79 Å². The molecule has 2 atom stereocenters. The topological polar surface area (TPSA) is 46.9 Å². The Morgan fingerprint density at radius 1 is 1.04 bits per heavy atom. The van der Waals surface area contributed by atoms with Crippen LogP contribution < -0.4 is 9.47 Å². The van der Waals surface area contributed by atoms with Gasteiger partial charge in [0.15, 0.2) is 11.5 Å². The summed E-state index contributed by atoms with van der Waals surface area (Å²) in [6, 6.07) is 10.8. The lowest BCUT2D eigenvalue weighted by atomic mass is 10.1. The highest BCUT2D eigenvalue weighted by atomic mass is 16.7. The van der Waals surface area contributed by atoms with Crippen molar-refractivity contribution in [3.63, 3.8) is 0 Å². The molecule has 6 heteroatoms. The smallest absolute Gasteiger partial charge is 0.270 e. The van der Waals surface area contributed by atoms with Crippen LogP contribution in [0.4, 0.5) is 0 Å². The van der Waals surface area contributed by atoms with Crippen LogP contribution in [-0.4, -0.2) is 52.7 Å². The fourth-order valence-corrected chi connectivity index (χ4v) is 4.81. The van der Waals surface area contributed by atoms with Crippen molar-refractivity contribution < 1.29 is 14.3 Å². The third kappa shape index (κ3) is 2.54. The van der Waals surface area contributed by atoms with E-state index in [1.807, 2.05) is 18.2 Å². The summed E-state index contributed by atoms with van der Waals surface area (Å²) in [6.07, 6.45) is 4.61. The SMILES string of the molecule is O=C1c2cccn2[C@@H]2CN(Cc3ccc4c(c3)OCO4)C[C@H]2N1CC1CC1. The molecule has 0 N–H and O–H groups in total. The lowest BCUT2D eigenvalue weighted by molar-refractivity contribution is 0.0565. The van der Waals surface area contributed by atoms with Crippen molar-refractivity contribution >= 4 is 5.91 Å². The van der Waals surface area contributed by atoms with E-state index < -0.39 is 0 Å². The van der Waals surface area contributed by atoms with Gasteiger partial charge in [-0.25, -0.2) is 0 Å². The van der Waals surface area contributed by atoms with Crippen molar-refractivity contribution in [1.29, 1.82) is 0 Å². The van der Waals surface area contributed by atoms with E-state index in [2.05, 4.69) is 32.7 Å². The number of ether oxygens (including phenoxy) is 2. The highest BCUT2D eigenvalue weighted by Gasteiger charge is 2.46. The van der Waals surface area contributed by atoms with Crippen molar-refractivity contribution in [1.82, 2.24) is 14.4 Å². The lowest BCUT2D eigenvalue weighted by Gasteiger charge is -2.38. The van der Waals surface area contributed by atoms with E-state index in [1.165, 1.54) is 18.4 Å². The molecule has 2 fully saturated rings. The van der Waals surface area contributed by atoms with Gasteiger partial charge in [-0.2, -0.15) is 0 Å². The van der Waals surface area contributed by atoms with Gasteiger partial charge in [-0.15, -0.1) is 0 Å². The summed E-state index contributed by atoms with van der Waals surface area (Å²) in [7, 11) is 0. The summed E-state index contributed by atoms with van der Waals surface area (Å²) in [4.78, 5) is 17.7. The Morgan fingerprint density at radius 3 is 2.78 bits per heavy atom.